The van der Waals surface area contributed by atoms with E-state index in [1.807, 2.05) is 36.4 Å². The van der Waals surface area contributed by atoms with E-state index in [1.165, 1.54) is 18.2 Å². The summed E-state index contributed by atoms with van der Waals surface area (Å²) in [5, 5.41) is 12.6. The smallest absolute Gasteiger partial charge is 0.416 e. The lowest BCUT2D eigenvalue weighted by Crippen LogP contribution is -2.30. The molecule has 0 unspecified atom stereocenters. The summed E-state index contributed by atoms with van der Waals surface area (Å²) in [5.41, 5.74) is 2.12. The molecule has 0 saturated heterocycles. The molecule has 1 amide bonds. The molecule has 4 rings (SSSR count). The number of rotatable bonds is 8. The summed E-state index contributed by atoms with van der Waals surface area (Å²) in [5.74, 6) is -2.46. The highest BCUT2D eigenvalue weighted by molar-refractivity contribution is 9.10. The van der Waals surface area contributed by atoms with E-state index < -0.39 is 29.5 Å². The van der Waals surface area contributed by atoms with E-state index in [-0.39, 0.29) is 24.9 Å². The van der Waals surface area contributed by atoms with Crippen molar-refractivity contribution in [3.63, 3.8) is 0 Å². The fourth-order valence-corrected chi connectivity index (χ4v) is 4.94. The Bertz CT molecular complexity index is 1490. The average molecular weight is 585 g/mol. The van der Waals surface area contributed by atoms with Crippen LogP contribution in [0.2, 0.25) is 0 Å². The lowest BCUT2D eigenvalue weighted by atomic mass is 9.89. The van der Waals surface area contributed by atoms with Crippen molar-refractivity contribution >= 4 is 38.7 Å². The minimum absolute atomic E-state index is 0.0504. The molecule has 1 heterocycles. The number of nitrogens with one attached hydrogen (secondary N) is 1. The van der Waals surface area contributed by atoms with Crippen molar-refractivity contribution in [2.75, 3.05) is 6.54 Å². The van der Waals surface area contributed by atoms with Gasteiger partial charge < -0.3 is 10.4 Å². The van der Waals surface area contributed by atoms with E-state index in [1.54, 1.807) is 19.1 Å². The van der Waals surface area contributed by atoms with Crippen molar-refractivity contribution in [2.45, 2.75) is 31.9 Å². The Morgan fingerprint density at radius 2 is 1.71 bits per heavy atom. The van der Waals surface area contributed by atoms with E-state index in [0.717, 1.165) is 16.1 Å². The number of alkyl halides is 3. The van der Waals surface area contributed by atoms with Gasteiger partial charge >= 0.3 is 12.1 Å². The third kappa shape index (κ3) is 6.05. The molecule has 38 heavy (non-hydrogen) atoms. The second kappa shape index (κ2) is 11.3. The predicted octanol–water partition coefficient (Wildman–Crippen LogP) is 7.37. The van der Waals surface area contributed by atoms with Gasteiger partial charge in [0.05, 0.1) is 22.3 Å². The molecule has 0 aliphatic rings. The first-order chi connectivity index (χ1) is 18.1. The lowest BCUT2D eigenvalue weighted by molar-refractivity contribution is -0.138. The third-order valence-corrected chi connectivity index (χ3v) is 6.88. The van der Waals surface area contributed by atoms with Gasteiger partial charge in [0.1, 0.15) is 0 Å². The van der Waals surface area contributed by atoms with Crippen LogP contribution in [0, 0.1) is 6.92 Å². The highest BCUT2D eigenvalue weighted by atomic mass is 79.9. The molecule has 0 saturated carbocycles. The molecule has 4 aromatic rings. The summed E-state index contributed by atoms with van der Waals surface area (Å²) in [6, 6.07) is 19.8. The highest BCUT2D eigenvalue weighted by Crippen LogP contribution is 2.37. The Kier molecular flexibility index (Phi) is 8.16. The van der Waals surface area contributed by atoms with Crippen molar-refractivity contribution in [3.05, 3.63) is 99.5 Å². The van der Waals surface area contributed by atoms with E-state index in [0.29, 0.717) is 27.7 Å². The monoisotopic (exact) mass is 584 g/mol. The number of carboxylic acid groups (broad SMARTS) is 1. The van der Waals surface area contributed by atoms with E-state index in [9.17, 15) is 27.9 Å². The number of fused-ring (bicyclic) bond motifs is 1. The van der Waals surface area contributed by atoms with Gasteiger partial charge in [0.15, 0.2) is 0 Å². The molecule has 0 aliphatic heterocycles. The quantitative estimate of drug-likeness (QED) is 0.226. The van der Waals surface area contributed by atoms with Crippen LogP contribution in [0.1, 0.15) is 45.8 Å². The Morgan fingerprint density at radius 1 is 1.03 bits per heavy atom. The van der Waals surface area contributed by atoms with Crippen molar-refractivity contribution in [1.82, 2.24) is 10.3 Å². The number of halogens is 4. The van der Waals surface area contributed by atoms with Gasteiger partial charge in [-0.2, -0.15) is 13.2 Å². The van der Waals surface area contributed by atoms with Crippen molar-refractivity contribution < 1.29 is 27.9 Å². The number of carbonyl (C=O) groups excluding carboxylic acids is 1. The zero-order valence-corrected chi connectivity index (χ0v) is 21.9. The van der Waals surface area contributed by atoms with Crippen molar-refractivity contribution in [1.29, 1.82) is 0 Å². The highest BCUT2D eigenvalue weighted by Gasteiger charge is 2.35. The molecule has 0 bridgehead atoms. The van der Waals surface area contributed by atoms with E-state index in [4.69, 9.17) is 4.98 Å². The molecule has 5 nitrogen and oxygen atoms in total. The van der Waals surface area contributed by atoms with Crippen LogP contribution >= 0.6 is 15.9 Å². The number of aliphatic carboxylic acids is 1. The molecule has 0 aliphatic carbocycles. The lowest BCUT2D eigenvalue weighted by Gasteiger charge is -2.22. The maximum atomic E-state index is 13.7. The van der Waals surface area contributed by atoms with Gasteiger partial charge in [-0.15, -0.1) is 0 Å². The number of carboxylic acids is 1. The van der Waals surface area contributed by atoms with Crippen LogP contribution in [0.15, 0.2) is 77.3 Å². The SMILES string of the molecule is Cc1c(-c2ccccc2)nc2ccc(Br)cc2c1C(=O)NC[C@H](CCC(=O)O)c1ccccc1C(F)(F)F. The Labute approximate surface area is 225 Å². The first-order valence-corrected chi connectivity index (χ1v) is 12.7. The molecule has 1 aromatic heterocycles. The number of carbonyl (C=O) groups is 2. The van der Waals surface area contributed by atoms with Gasteiger partial charge in [-0.05, 0) is 48.7 Å². The van der Waals surface area contributed by atoms with Crippen LogP contribution in [0.25, 0.3) is 22.2 Å². The number of amides is 1. The van der Waals surface area contributed by atoms with Gasteiger partial charge in [0.25, 0.3) is 5.91 Å². The number of hydrogen-bond acceptors (Lipinski definition) is 3. The van der Waals surface area contributed by atoms with Crippen LogP contribution in [-0.2, 0) is 11.0 Å². The number of nitrogens with zero attached hydrogens (tertiary/aromatic N) is 1. The first-order valence-electron chi connectivity index (χ1n) is 11.9. The van der Waals surface area contributed by atoms with Gasteiger partial charge in [0, 0.05) is 34.3 Å². The topological polar surface area (TPSA) is 79.3 Å². The fraction of sp³-hybridized carbons (Fsp3) is 0.207. The summed E-state index contributed by atoms with van der Waals surface area (Å²) in [6.07, 6.45) is -5.02. The molecule has 3 aromatic carbocycles. The number of hydrogen-bond donors (Lipinski definition) is 2. The summed E-state index contributed by atoms with van der Waals surface area (Å²) in [6.45, 7) is 1.61. The zero-order valence-electron chi connectivity index (χ0n) is 20.3. The number of aromatic nitrogens is 1. The average Bonchev–Trinajstić information content (AvgIpc) is 2.88. The molecule has 0 fully saturated rings. The number of pyridine rings is 1. The Hall–Kier alpha value is -3.72. The van der Waals surface area contributed by atoms with Gasteiger partial charge in [-0.1, -0.05) is 64.5 Å². The van der Waals surface area contributed by atoms with Gasteiger partial charge in [0.2, 0.25) is 0 Å². The maximum absolute atomic E-state index is 13.7. The zero-order chi connectivity index (χ0) is 27.4. The molecule has 196 valence electrons. The van der Waals surface area contributed by atoms with Gasteiger partial charge in [-0.3, -0.25) is 9.59 Å². The second-order valence-electron chi connectivity index (χ2n) is 8.91. The largest absolute Gasteiger partial charge is 0.481 e. The van der Waals surface area contributed by atoms with Crippen molar-refractivity contribution in [2.24, 2.45) is 0 Å². The minimum Gasteiger partial charge on any atom is -0.481 e. The second-order valence-corrected chi connectivity index (χ2v) is 9.83. The summed E-state index contributed by atoms with van der Waals surface area (Å²) in [4.78, 5) is 29.7. The van der Waals surface area contributed by atoms with Crippen LogP contribution in [0.3, 0.4) is 0 Å². The number of benzene rings is 3. The minimum atomic E-state index is -4.61. The van der Waals surface area contributed by atoms with Gasteiger partial charge in [-0.25, -0.2) is 4.98 Å². The molecular weight excluding hydrogens is 561 g/mol. The molecule has 2 N–H and O–H groups in total. The predicted molar refractivity (Wildman–Crippen MR) is 143 cm³/mol. The van der Waals surface area contributed by atoms with Crippen molar-refractivity contribution in [3.8, 4) is 11.3 Å². The standard InChI is InChI=1S/C29H24BrF3N2O3/c1-17-26(22-15-20(30)12-13-24(22)35-27(17)18-7-3-2-4-8-18)28(38)34-16-19(11-14-25(36)37)21-9-5-6-10-23(21)29(31,32)33/h2-10,12-13,15,19H,11,14,16H2,1H3,(H,34,38)(H,36,37)/t19-/m0/s1. The van der Waals surface area contributed by atoms with E-state index >= 15 is 0 Å². The fourth-order valence-electron chi connectivity index (χ4n) is 4.58. The molecular formula is C29H24BrF3N2O3. The summed E-state index contributed by atoms with van der Waals surface area (Å²) < 4.78 is 41.9. The molecule has 1 atom stereocenters. The first kappa shape index (κ1) is 27.3. The molecule has 0 spiro atoms. The van der Waals surface area contributed by atoms with Crippen LogP contribution in [-0.4, -0.2) is 28.5 Å². The van der Waals surface area contributed by atoms with Crippen LogP contribution < -0.4 is 5.32 Å². The summed E-state index contributed by atoms with van der Waals surface area (Å²) >= 11 is 3.44. The van der Waals surface area contributed by atoms with Crippen LogP contribution in [0.5, 0.6) is 0 Å². The summed E-state index contributed by atoms with van der Waals surface area (Å²) in [7, 11) is 0. The van der Waals surface area contributed by atoms with E-state index in [2.05, 4.69) is 21.2 Å². The Morgan fingerprint density at radius 3 is 2.39 bits per heavy atom. The normalized spacial score (nSPS) is 12.3. The Balaban J connectivity index is 1.74. The third-order valence-electron chi connectivity index (χ3n) is 6.39. The molecule has 0 radical (unpaired) electrons. The molecule has 9 heteroatoms. The van der Waals surface area contributed by atoms with Crippen LogP contribution in [0.4, 0.5) is 13.2 Å². The maximum Gasteiger partial charge on any atom is 0.416 e.